The van der Waals surface area contributed by atoms with Gasteiger partial charge < -0.3 is 9.64 Å². The Labute approximate surface area is 169 Å². The molecule has 1 aliphatic carbocycles. The van der Waals surface area contributed by atoms with E-state index >= 15 is 4.39 Å². The summed E-state index contributed by atoms with van der Waals surface area (Å²) in [7, 11) is 1.96. The number of carbonyl (C=O) groups is 1. The zero-order valence-electron chi connectivity index (χ0n) is 17.6. The maximum atomic E-state index is 15.0. The predicted molar refractivity (Wildman–Crippen MR) is 108 cm³/mol. The third kappa shape index (κ3) is 3.56. The van der Waals surface area contributed by atoms with Gasteiger partial charge in [-0.25, -0.2) is 9.37 Å². The van der Waals surface area contributed by atoms with E-state index in [9.17, 15) is 4.79 Å². The second-order valence-electron chi connectivity index (χ2n) is 8.46. The van der Waals surface area contributed by atoms with Crippen molar-refractivity contribution in [1.82, 2.24) is 19.5 Å². The summed E-state index contributed by atoms with van der Waals surface area (Å²) in [6.07, 6.45) is 2.38. The molecule has 4 rings (SSSR count). The molecular weight excluding hydrogens is 375 g/mol. The first-order chi connectivity index (χ1) is 13.8. The molecule has 2 aromatic heterocycles. The number of hydrogen-bond donors (Lipinski definition) is 1. The smallest absolute Gasteiger partial charge is 0.233 e. The summed E-state index contributed by atoms with van der Waals surface area (Å²) in [6.45, 7) is 7.48. The van der Waals surface area contributed by atoms with Crippen molar-refractivity contribution < 1.29 is 13.9 Å². The van der Waals surface area contributed by atoms with E-state index in [4.69, 9.17) is 4.74 Å². The van der Waals surface area contributed by atoms with Gasteiger partial charge in [-0.05, 0) is 19.3 Å². The molecule has 0 unspecified atom stereocenters. The average Bonchev–Trinajstić information content (AvgIpc) is 3.41. The zero-order chi connectivity index (χ0) is 20.9. The van der Waals surface area contributed by atoms with Gasteiger partial charge in [0.05, 0.1) is 12.4 Å². The van der Waals surface area contributed by atoms with Crippen molar-refractivity contribution in [3.05, 3.63) is 6.33 Å². The number of anilines is 2. The average molecular weight is 404 g/mol. The molecule has 8 nitrogen and oxygen atoms in total. The first-order valence-electron chi connectivity index (χ1n) is 10.4. The summed E-state index contributed by atoms with van der Waals surface area (Å²) in [5.41, 5.74) is 1.06. The van der Waals surface area contributed by atoms with Gasteiger partial charge in [0.25, 0.3) is 0 Å². The minimum atomic E-state index is -1.16. The van der Waals surface area contributed by atoms with E-state index in [1.165, 1.54) is 0 Å². The molecule has 1 aliphatic heterocycles. The van der Waals surface area contributed by atoms with Crippen LogP contribution in [0.1, 0.15) is 53.2 Å². The van der Waals surface area contributed by atoms with Crippen LogP contribution in [0.3, 0.4) is 0 Å². The molecule has 1 N–H and O–H groups in total. The number of amides is 1. The lowest BCUT2D eigenvalue weighted by Gasteiger charge is -2.20. The fourth-order valence-electron chi connectivity index (χ4n) is 3.81. The second kappa shape index (κ2) is 7.51. The van der Waals surface area contributed by atoms with Crippen LogP contribution in [-0.2, 0) is 9.53 Å². The van der Waals surface area contributed by atoms with E-state index in [1.807, 2.05) is 34.7 Å². The van der Waals surface area contributed by atoms with E-state index < -0.39 is 12.4 Å². The number of ether oxygens (including phenoxy) is 1. The van der Waals surface area contributed by atoms with Gasteiger partial charge in [0.2, 0.25) is 11.9 Å². The van der Waals surface area contributed by atoms with E-state index in [1.54, 1.807) is 10.9 Å². The van der Waals surface area contributed by atoms with Crippen molar-refractivity contribution in [2.24, 2.45) is 11.8 Å². The number of imidazole rings is 1. The number of carbonyl (C=O) groups excluding carboxylic acids is 1. The van der Waals surface area contributed by atoms with Gasteiger partial charge in [0.1, 0.15) is 0 Å². The molecule has 0 bridgehead atoms. The minimum Gasteiger partial charge on any atom is -0.355 e. The lowest BCUT2D eigenvalue weighted by atomic mass is 10.00. The molecule has 29 heavy (non-hydrogen) atoms. The van der Waals surface area contributed by atoms with Crippen LogP contribution in [0.15, 0.2) is 6.33 Å². The highest BCUT2D eigenvalue weighted by Gasteiger charge is 2.43. The van der Waals surface area contributed by atoms with E-state index in [0.29, 0.717) is 23.0 Å². The minimum absolute atomic E-state index is 0.150. The van der Waals surface area contributed by atoms with Crippen molar-refractivity contribution in [1.29, 1.82) is 0 Å². The zero-order valence-corrected chi connectivity index (χ0v) is 17.6. The summed E-state index contributed by atoms with van der Waals surface area (Å²) >= 11 is 0. The normalized spacial score (nSPS) is 27.0. The molecule has 1 saturated carbocycles. The quantitative estimate of drug-likeness (QED) is 0.795. The van der Waals surface area contributed by atoms with E-state index in [-0.39, 0.29) is 29.8 Å². The number of nitrogens with zero attached hydrogens (tertiary/aromatic N) is 5. The molecule has 158 valence electrons. The number of aromatic nitrogens is 4. The Hall–Kier alpha value is -2.29. The van der Waals surface area contributed by atoms with Crippen LogP contribution in [-0.4, -0.2) is 50.8 Å². The predicted octanol–water partition coefficient (Wildman–Crippen LogP) is 3.30. The summed E-state index contributed by atoms with van der Waals surface area (Å²) < 4.78 is 22.7. The van der Waals surface area contributed by atoms with Crippen LogP contribution >= 0.6 is 0 Å². The van der Waals surface area contributed by atoms with Crippen LogP contribution in [0.5, 0.6) is 0 Å². The number of nitrogens with one attached hydrogen (secondary N) is 1. The highest BCUT2D eigenvalue weighted by Crippen LogP contribution is 2.40. The molecule has 1 saturated heterocycles. The van der Waals surface area contributed by atoms with Gasteiger partial charge in [0.15, 0.2) is 29.4 Å². The molecule has 9 heteroatoms. The van der Waals surface area contributed by atoms with Gasteiger partial charge in [-0.2, -0.15) is 9.97 Å². The Balaban J connectivity index is 1.78. The highest BCUT2D eigenvalue weighted by atomic mass is 19.1. The summed E-state index contributed by atoms with van der Waals surface area (Å²) in [4.78, 5) is 27.9. The van der Waals surface area contributed by atoms with Crippen molar-refractivity contribution in [2.45, 2.75) is 71.5 Å². The van der Waals surface area contributed by atoms with Gasteiger partial charge in [-0.1, -0.05) is 27.7 Å². The molecule has 2 fully saturated rings. The highest BCUT2D eigenvalue weighted by molar-refractivity contribution is 5.92. The number of hydrogen-bond acceptors (Lipinski definition) is 6. The maximum absolute atomic E-state index is 15.0. The summed E-state index contributed by atoms with van der Waals surface area (Å²) in [5, 5.41) is 2.77. The Kier molecular flexibility index (Phi) is 5.18. The van der Waals surface area contributed by atoms with Crippen LogP contribution in [0.25, 0.3) is 11.2 Å². The Morgan fingerprint density at radius 3 is 2.72 bits per heavy atom. The second-order valence-corrected chi connectivity index (χ2v) is 8.46. The monoisotopic (exact) mass is 404 g/mol. The number of fused-ring (bicyclic) bond motifs is 1. The van der Waals surface area contributed by atoms with Crippen LogP contribution in [0.4, 0.5) is 16.2 Å². The van der Waals surface area contributed by atoms with Gasteiger partial charge in [-0.3, -0.25) is 14.7 Å². The topological polar surface area (TPSA) is 85.2 Å². The third-order valence-corrected chi connectivity index (χ3v) is 5.94. The number of alkyl halides is 1. The van der Waals surface area contributed by atoms with Gasteiger partial charge in [-0.15, -0.1) is 0 Å². The fourth-order valence-corrected chi connectivity index (χ4v) is 3.81. The Bertz CT molecular complexity index is 912. The lowest BCUT2D eigenvalue weighted by Crippen LogP contribution is -2.24. The first kappa shape index (κ1) is 20.0. The molecule has 2 aliphatic rings. The van der Waals surface area contributed by atoms with Crippen molar-refractivity contribution >= 4 is 28.8 Å². The maximum Gasteiger partial charge on any atom is 0.233 e. The van der Waals surface area contributed by atoms with E-state index in [0.717, 1.165) is 19.3 Å². The standard InChI is InChI=1S/C20H29FN6O2/c1-6-13-11(4)14(21)19(29-13)27-9-22-15-16(26(5)12-7-8-12)23-20(24-17(15)27)25-18(28)10(2)3/h9-14,19H,6-8H2,1-5H3,(H,23,24,25,28)/t11-,13-,14-,19-/m1/s1. The van der Waals surface area contributed by atoms with Crippen LogP contribution in [0, 0.1) is 11.8 Å². The molecule has 0 spiro atoms. The van der Waals surface area contributed by atoms with Crippen molar-refractivity contribution in [2.75, 3.05) is 17.3 Å². The number of rotatable bonds is 6. The third-order valence-electron chi connectivity index (χ3n) is 5.94. The number of halogens is 1. The van der Waals surface area contributed by atoms with Gasteiger partial charge >= 0.3 is 0 Å². The Morgan fingerprint density at radius 2 is 2.14 bits per heavy atom. The van der Waals surface area contributed by atoms with E-state index in [2.05, 4.69) is 25.2 Å². The summed E-state index contributed by atoms with van der Waals surface area (Å²) in [6, 6.07) is 0.396. The van der Waals surface area contributed by atoms with Crippen LogP contribution in [0.2, 0.25) is 0 Å². The molecule has 4 atom stereocenters. The van der Waals surface area contributed by atoms with Gasteiger partial charge in [0, 0.05) is 24.9 Å². The van der Waals surface area contributed by atoms with Crippen molar-refractivity contribution in [3.8, 4) is 0 Å². The lowest BCUT2D eigenvalue weighted by molar-refractivity contribution is -0.118. The van der Waals surface area contributed by atoms with Crippen LogP contribution < -0.4 is 10.2 Å². The van der Waals surface area contributed by atoms with Crippen molar-refractivity contribution in [3.63, 3.8) is 0 Å². The molecule has 2 aromatic rings. The fraction of sp³-hybridized carbons (Fsp3) is 0.700. The first-order valence-corrected chi connectivity index (χ1v) is 10.4. The Morgan fingerprint density at radius 1 is 1.41 bits per heavy atom. The molecule has 3 heterocycles. The summed E-state index contributed by atoms with van der Waals surface area (Å²) in [5.74, 6) is 0.259. The molecule has 1 amide bonds. The molecule has 0 radical (unpaired) electrons. The SMILES string of the molecule is CC[C@H]1O[C@@H](n2cnc3c(N(C)C4CC4)nc(NC(=O)C(C)C)nc32)[C@H](F)[C@@H]1C. The molecule has 0 aromatic carbocycles. The largest absolute Gasteiger partial charge is 0.355 e. The molecular formula is C20H29FN6O2.